The Bertz CT molecular complexity index is 1350. The van der Waals surface area contributed by atoms with Crippen molar-refractivity contribution in [1.29, 1.82) is 0 Å². The molecule has 2 N–H and O–H groups in total. The number of fused-ring (bicyclic) bond motifs is 2. The molecule has 1 aliphatic carbocycles. The SMILES string of the molecule is Cc1cc(=O)n(C2CCC(F)(F)C2)c2nc(Nc3cc(F)c4[nH]ncc4c3)ncc12. The van der Waals surface area contributed by atoms with E-state index in [1.165, 1.54) is 29.1 Å². The van der Waals surface area contributed by atoms with E-state index in [1.54, 1.807) is 13.0 Å². The quantitative estimate of drug-likeness (QED) is 0.524. The lowest BCUT2D eigenvalue weighted by molar-refractivity contribution is 0.00566. The predicted molar refractivity (Wildman–Crippen MR) is 106 cm³/mol. The molecular weight excluding hydrogens is 397 g/mol. The minimum absolute atomic E-state index is 0.133. The van der Waals surface area contributed by atoms with Crippen LogP contribution in [0.2, 0.25) is 0 Å². The van der Waals surface area contributed by atoms with Gasteiger partial charge >= 0.3 is 0 Å². The Kier molecular flexibility index (Phi) is 4.05. The summed E-state index contributed by atoms with van der Waals surface area (Å²) in [5.41, 5.74) is 1.25. The molecule has 1 aromatic carbocycles. The second-order valence-electron chi connectivity index (χ2n) is 7.64. The van der Waals surface area contributed by atoms with E-state index >= 15 is 0 Å². The summed E-state index contributed by atoms with van der Waals surface area (Å²) in [4.78, 5) is 21.3. The molecule has 0 radical (unpaired) electrons. The van der Waals surface area contributed by atoms with Crippen molar-refractivity contribution in [2.75, 3.05) is 5.32 Å². The van der Waals surface area contributed by atoms with Crippen molar-refractivity contribution in [2.24, 2.45) is 0 Å². The molecule has 4 aromatic rings. The highest BCUT2D eigenvalue weighted by atomic mass is 19.3. The van der Waals surface area contributed by atoms with Crippen molar-refractivity contribution in [3.05, 3.63) is 52.3 Å². The number of aryl methyl sites for hydroxylation is 1. The smallest absolute Gasteiger partial charge is 0.252 e. The zero-order chi connectivity index (χ0) is 21.0. The molecule has 30 heavy (non-hydrogen) atoms. The average Bonchev–Trinajstić information content (AvgIpc) is 3.28. The number of anilines is 2. The Morgan fingerprint density at radius 1 is 1.27 bits per heavy atom. The Morgan fingerprint density at radius 3 is 2.87 bits per heavy atom. The summed E-state index contributed by atoms with van der Waals surface area (Å²) in [5, 5.41) is 10.5. The van der Waals surface area contributed by atoms with E-state index < -0.39 is 24.2 Å². The molecule has 0 saturated heterocycles. The van der Waals surface area contributed by atoms with Crippen LogP contribution in [0, 0.1) is 12.7 Å². The van der Waals surface area contributed by atoms with Crippen molar-refractivity contribution in [1.82, 2.24) is 24.7 Å². The summed E-state index contributed by atoms with van der Waals surface area (Å²) in [6, 6.07) is 3.72. The van der Waals surface area contributed by atoms with Gasteiger partial charge in [-0.2, -0.15) is 10.1 Å². The maximum absolute atomic E-state index is 14.2. The first kappa shape index (κ1) is 18.6. The van der Waals surface area contributed by atoms with E-state index in [0.29, 0.717) is 22.0 Å². The molecule has 5 rings (SSSR count). The molecule has 0 amide bonds. The molecule has 154 valence electrons. The van der Waals surface area contributed by atoms with Gasteiger partial charge in [0.15, 0.2) is 5.82 Å². The third-order valence-corrected chi connectivity index (χ3v) is 5.50. The number of halogens is 3. The largest absolute Gasteiger partial charge is 0.324 e. The molecule has 1 unspecified atom stereocenters. The zero-order valence-corrected chi connectivity index (χ0v) is 15.9. The van der Waals surface area contributed by atoms with Crippen molar-refractivity contribution in [3.8, 4) is 0 Å². The van der Waals surface area contributed by atoms with E-state index in [1.807, 2.05) is 0 Å². The summed E-state index contributed by atoms with van der Waals surface area (Å²) in [7, 11) is 0. The fourth-order valence-corrected chi connectivity index (χ4v) is 4.05. The number of rotatable bonds is 3. The normalized spacial score (nSPS) is 18.3. The monoisotopic (exact) mass is 414 g/mol. The molecule has 7 nitrogen and oxygen atoms in total. The van der Waals surface area contributed by atoms with Gasteiger partial charge in [0.25, 0.3) is 5.56 Å². The first-order valence-electron chi connectivity index (χ1n) is 9.47. The van der Waals surface area contributed by atoms with Crippen LogP contribution in [0.25, 0.3) is 21.9 Å². The van der Waals surface area contributed by atoms with Crippen LogP contribution in [0.5, 0.6) is 0 Å². The highest BCUT2D eigenvalue weighted by Crippen LogP contribution is 2.41. The van der Waals surface area contributed by atoms with Crippen molar-refractivity contribution < 1.29 is 13.2 Å². The van der Waals surface area contributed by atoms with Crippen molar-refractivity contribution in [3.63, 3.8) is 0 Å². The summed E-state index contributed by atoms with van der Waals surface area (Å²) in [6.07, 6.45) is 2.56. The topological polar surface area (TPSA) is 88.5 Å². The number of hydrogen-bond donors (Lipinski definition) is 2. The van der Waals surface area contributed by atoms with Gasteiger partial charge in [0.1, 0.15) is 11.2 Å². The number of nitrogens with zero attached hydrogens (tertiary/aromatic N) is 4. The van der Waals surface area contributed by atoms with Crippen LogP contribution in [0.3, 0.4) is 0 Å². The summed E-state index contributed by atoms with van der Waals surface area (Å²) in [5.74, 6) is -3.16. The van der Waals surface area contributed by atoms with E-state index in [0.717, 1.165) is 0 Å². The Labute approximate surface area is 168 Å². The predicted octanol–water partition coefficient (Wildman–Crippen LogP) is 4.22. The molecule has 1 fully saturated rings. The van der Waals surface area contributed by atoms with Gasteiger partial charge in [-0.25, -0.2) is 18.2 Å². The van der Waals surface area contributed by atoms with Gasteiger partial charge in [-0.05, 0) is 31.0 Å². The van der Waals surface area contributed by atoms with Gasteiger partial charge in [0.2, 0.25) is 11.9 Å². The number of benzene rings is 1. The number of H-pyrrole nitrogens is 1. The van der Waals surface area contributed by atoms with E-state index in [9.17, 15) is 18.0 Å². The van der Waals surface area contributed by atoms with E-state index in [-0.39, 0.29) is 35.5 Å². The van der Waals surface area contributed by atoms with Gasteiger partial charge < -0.3 is 5.32 Å². The fourth-order valence-electron chi connectivity index (χ4n) is 4.05. The minimum Gasteiger partial charge on any atom is -0.324 e. The van der Waals surface area contributed by atoms with E-state index in [2.05, 4.69) is 25.5 Å². The molecule has 10 heteroatoms. The Morgan fingerprint density at radius 2 is 2.10 bits per heavy atom. The summed E-state index contributed by atoms with van der Waals surface area (Å²) >= 11 is 0. The third-order valence-electron chi connectivity index (χ3n) is 5.50. The minimum atomic E-state index is -2.80. The molecular formula is C20H17F3N6O. The van der Waals surface area contributed by atoms with Gasteiger partial charge in [-0.15, -0.1) is 0 Å². The molecule has 0 spiro atoms. The molecule has 1 aliphatic rings. The van der Waals surface area contributed by atoms with Crippen LogP contribution in [0.4, 0.5) is 24.8 Å². The lowest BCUT2D eigenvalue weighted by atomic mass is 10.1. The fraction of sp³-hybridized carbons (Fsp3) is 0.300. The second kappa shape index (κ2) is 6.54. The molecule has 3 aromatic heterocycles. The van der Waals surface area contributed by atoms with Crippen LogP contribution in [0.1, 0.15) is 30.9 Å². The zero-order valence-electron chi connectivity index (χ0n) is 15.9. The van der Waals surface area contributed by atoms with Gasteiger partial charge in [-0.3, -0.25) is 14.5 Å². The van der Waals surface area contributed by atoms with E-state index in [4.69, 9.17) is 0 Å². The lowest BCUT2D eigenvalue weighted by Crippen LogP contribution is -2.26. The highest BCUT2D eigenvalue weighted by molar-refractivity contribution is 5.84. The van der Waals surface area contributed by atoms with Crippen molar-refractivity contribution >= 4 is 33.6 Å². The van der Waals surface area contributed by atoms with Gasteiger partial charge in [-0.1, -0.05) is 0 Å². The van der Waals surface area contributed by atoms with Crippen LogP contribution in [-0.4, -0.2) is 30.7 Å². The molecule has 0 bridgehead atoms. The van der Waals surface area contributed by atoms with Gasteiger partial charge in [0.05, 0.1) is 6.20 Å². The van der Waals surface area contributed by atoms with Crippen LogP contribution in [0.15, 0.2) is 35.4 Å². The van der Waals surface area contributed by atoms with Crippen LogP contribution < -0.4 is 10.9 Å². The second-order valence-corrected chi connectivity index (χ2v) is 7.64. The molecule has 3 heterocycles. The third kappa shape index (κ3) is 3.08. The molecule has 0 aliphatic heterocycles. The van der Waals surface area contributed by atoms with Gasteiger partial charge in [0, 0.05) is 47.6 Å². The lowest BCUT2D eigenvalue weighted by Gasteiger charge is -2.18. The summed E-state index contributed by atoms with van der Waals surface area (Å²) in [6.45, 7) is 1.75. The van der Waals surface area contributed by atoms with Crippen LogP contribution >= 0.6 is 0 Å². The Hall–Kier alpha value is -3.43. The maximum Gasteiger partial charge on any atom is 0.252 e. The number of aromatic nitrogens is 5. The highest BCUT2D eigenvalue weighted by Gasteiger charge is 2.41. The molecule has 1 saturated carbocycles. The average molecular weight is 414 g/mol. The number of alkyl halides is 2. The van der Waals surface area contributed by atoms with Crippen LogP contribution in [-0.2, 0) is 0 Å². The number of nitrogens with one attached hydrogen (secondary N) is 2. The maximum atomic E-state index is 14.2. The number of pyridine rings is 1. The molecule has 1 atom stereocenters. The first-order valence-corrected chi connectivity index (χ1v) is 9.47. The number of aromatic amines is 1. The van der Waals surface area contributed by atoms with Crippen molar-refractivity contribution in [2.45, 2.75) is 38.2 Å². The number of hydrogen-bond acceptors (Lipinski definition) is 5. The first-order chi connectivity index (χ1) is 14.3. The standard InChI is InChI=1S/C20H17F3N6O/c1-10-4-16(30)29(13-2-3-20(22,23)7-13)18-14(10)9-24-19(27-18)26-12-5-11-8-25-28-17(11)15(21)6-12/h4-6,8-9,13H,2-3,7H2,1H3,(H,25,28)(H,24,26,27). The summed E-state index contributed by atoms with van der Waals surface area (Å²) < 4.78 is 43.1. The Balaban J connectivity index is 1.60.